The lowest BCUT2D eigenvalue weighted by Gasteiger charge is -2.42. The van der Waals surface area contributed by atoms with Gasteiger partial charge in [0.05, 0.1) is 82.3 Å². The molecule has 14 rings (SSSR count). The third kappa shape index (κ3) is 25.4. The summed E-state index contributed by atoms with van der Waals surface area (Å²) in [5, 5.41) is 6.54. The molecule has 2 aliphatic carbocycles. The summed E-state index contributed by atoms with van der Waals surface area (Å²) >= 11 is 3.26. The first kappa shape index (κ1) is 91.8. The Morgan fingerprint density at radius 2 is 0.850 bits per heavy atom. The molecule has 10 aromatic rings. The van der Waals surface area contributed by atoms with Gasteiger partial charge < -0.3 is 39.3 Å². The number of pyridine rings is 2. The van der Waals surface area contributed by atoms with Crippen molar-refractivity contribution in [3.63, 3.8) is 0 Å². The van der Waals surface area contributed by atoms with Crippen LogP contribution in [0.15, 0.2) is 169 Å². The van der Waals surface area contributed by atoms with E-state index in [0.717, 1.165) is 89.8 Å². The Morgan fingerprint density at radius 3 is 1.23 bits per heavy atom. The Morgan fingerprint density at radius 1 is 0.458 bits per heavy atom. The van der Waals surface area contributed by atoms with Crippen molar-refractivity contribution in [2.45, 2.75) is 168 Å². The first-order valence-corrected chi connectivity index (χ1v) is 42.6. The molecule has 4 aromatic heterocycles. The highest BCUT2D eigenvalue weighted by atomic mass is 79.9. The summed E-state index contributed by atoms with van der Waals surface area (Å²) in [5.41, 5.74) is -0.395. The first-order chi connectivity index (χ1) is 56.9. The molecule has 2 saturated carbocycles. The molecule has 120 heavy (non-hydrogen) atoms. The second kappa shape index (κ2) is 40.4. The standard InChI is InChI=1S/C35H37F7N6O.C31H29BrF7N5.C20H27P.C4H9NO/c1-2-46(20-23-5-3-4-6-23)32-26(15-25-7-8-29(36)17-31(25)45-32)22-48(33-43-18-30(19-44-33)47-9-11-49-12-10-47)21-24-13-27(34(37,38)39)16-28(14-24)35(40,41)42;1-2-43(16-19-5-3-4-6-19)28-22(11-21-7-8-26(33)13-27(21)42-28)18-44(29-40-14-25(32)15-41-29)17-20-9-23(30(34,35)36)12-24(10-20)31(37,38)39;1-19(2,3)21(20(4,5)6)18-15-11-10-14-17(18)16-12-8-7-9-13-16;1-3-6-4-2-5-1/h7-8,13-19,23H,2-6,9-12,20-22H2,1H3;7-15,19H,2-6,16-18H2,1H3;7-15H,1-6H3;5H,1-4H2. The number of morpholine rings is 2. The number of anilines is 5. The van der Waals surface area contributed by atoms with E-state index in [2.05, 4.69) is 147 Å². The van der Waals surface area contributed by atoms with Gasteiger partial charge in [0.15, 0.2) is 0 Å². The Kier molecular flexibility index (Phi) is 30.9. The minimum absolute atomic E-state index is 0.00527. The van der Waals surface area contributed by atoms with Gasteiger partial charge in [-0.25, -0.2) is 38.7 Å². The van der Waals surface area contributed by atoms with Crippen molar-refractivity contribution in [1.29, 1.82) is 0 Å². The van der Waals surface area contributed by atoms with Gasteiger partial charge in [-0.1, -0.05) is 130 Å². The Balaban J connectivity index is 0.000000181. The number of rotatable bonds is 21. The predicted octanol–water partition coefficient (Wildman–Crippen LogP) is 23.1. The third-order valence-corrected chi connectivity index (χ3v) is 25.3. The minimum atomic E-state index is -5.00. The van der Waals surface area contributed by atoms with Crippen molar-refractivity contribution in [2.24, 2.45) is 11.8 Å². The molecule has 30 heteroatoms. The molecule has 4 aliphatic rings. The molecule has 4 fully saturated rings. The fraction of sp³-hybridized carbons (Fsp3) is 0.444. The van der Waals surface area contributed by atoms with Crippen molar-refractivity contribution in [3.05, 3.63) is 225 Å². The average Bonchev–Trinajstić information content (AvgIpc) is 0.964. The third-order valence-electron chi connectivity index (χ3n) is 21.3. The van der Waals surface area contributed by atoms with Crippen LogP contribution in [0.4, 0.5) is 90.7 Å². The van der Waals surface area contributed by atoms with E-state index in [1.165, 1.54) is 58.0 Å². The highest BCUT2D eigenvalue weighted by Gasteiger charge is 2.41. The molecule has 0 spiro atoms. The molecule has 0 unspecified atom stereocenters. The van der Waals surface area contributed by atoms with Crippen LogP contribution in [0, 0.1) is 23.5 Å². The summed E-state index contributed by atoms with van der Waals surface area (Å²) in [7, 11) is -0.282. The molecule has 2 saturated heterocycles. The van der Waals surface area contributed by atoms with Gasteiger partial charge in [0, 0.05) is 125 Å². The Bertz CT molecular complexity index is 4880. The topological polar surface area (TPSA) is 124 Å². The number of hydrogen-bond acceptors (Lipinski definition) is 14. The number of ether oxygens (including phenoxy) is 2. The number of hydrogen-bond donors (Lipinski definition) is 1. The van der Waals surface area contributed by atoms with E-state index in [1.807, 2.05) is 30.9 Å². The zero-order chi connectivity index (χ0) is 86.3. The molecule has 0 atom stereocenters. The van der Waals surface area contributed by atoms with Gasteiger partial charge in [-0.3, -0.25) is 0 Å². The number of halogens is 15. The van der Waals surface area contributed by atoms with Gasteiger partial charge in [0.1, 0.15) is 23.3 Å². The van der Waals surface area contributed by atoms with Crippen LogP contribution >= 0.6 is 23.9 Å². The normalized spacial score (nSPS) is 15.2. The number of fused-ring (bicyclic) bond motifs is 2. The zero-order valence-electron chi connectivity index (χ0n) is 68.6. The summed E-state index contributed by atoms with van der Waals surface area (Å²) in [6.45, 7) is 26.3. The lowest BCUT2D eigenvalue weighted by Crippen LogP contribution is -2.36. The van der Waals surface area contributed by atoms with E-state index in [0.29, 0.717) is 141 Å². The van der Waals surface area contributed by atoms with E-state index in [1.54, 1.807) is 29.4 Å². The number of nitrogens with one attached hydrogen (secondary N) is 1. The number of alkyl halides is 12. The zero-order valence-corrected chi connectivity index (χ0v) is 71.0. The van der Waals surface area contributed by atoms with Crippen molar-refractivity contribution in [3.8, 4) is 11.1 Å². The maximum Gasteiger partial charge on any atom is 0.416 e. The first-order valence-electron chi connectivity index (χ1n) is 40.5. The van der Waals surface area contributed by atoms with E-state index in [4.69, 9.17) is 19.4 Å². The van der Waals surface area contributed by atoms with E-state index >= 15 is 0 Å². The van der Waals surface area contributed by atoms with Crippen molar-refractivity contribution in [1.82, 2.24) is 35.2 Å². The number of aromatic nitrogens is 6. The van der Waals surface area contributed by atoms with Gasteiger partial charge in [-0.15, -0.1) is 0 Å². The van der Waals surface area contributed by atoms with Crippen LogP contribution in [-0.4, -0.2) is 119 Å². The maximum atomic E-state index is 14.3. The van der Waals surface area contributed by atoms with E-state index in [9.17, 15) is 61.5 Å². The Labute approximate surface area is 701 Å². The van der Waals surface area contributed by atoms with Gasteiger partial charge in [-0.05, 0) is 178 Å². The molecule has 0 amide bonds. The second-order valence-corrected chi connectivity index (χ2v) is 37.3. The Hall–Kier alpha value is -8.89. The lowest BCUT2D eigenvalue weighted by molar-refractivity contribution is -0.144. The van der Waals surface area contributed by atoms with Crippen LogP contribution in [0.1, 0.15) is 151 Å². The van der Waals surface area contributed by atoms with Crippen LogP contribution in [0.2, 0.25) is 0 Å². The number of nitrogens with zero attached hydrogens (tertiary/aromatic N) is 11. The molecule has 0 bridgehead atoms. The molecule has 0 radical (unpaired) electrons. The van der Waals surface area contributed by atoms with Gasteiger partial charge >= 0.3 is 24.7 Å². The van der Waals surface area contributed by atoms with Gasteiger partial charge in [-0.2, -0.15) is 52.7 Å². The van der Waals surface area contributed by atoms with Crippen LogP contribution in [0.3, 0.4) is 0 Å². The molecule has 6 heterocycles. The molecule has 1 N–H and O–H groups in total. The molecule has 644 valence electrons. The summed E-state index contributed by atoms with van der Waals surface area (Å²) in [4.78, 5) is 36.7. The highest BCUT2D eigenvalue weighted by Crippen LogP contribution is 2.59. The minimum Gasteiger partial charge on any atom is -0.379 e. The SMILES string of the molecule is C1COCCN1.CC(C)(C)P(c1ccccc1-c1ccccc1)C(C)(C)C.CCN(CC1CCCC1)c1nc2cc(F)ccc2cc1CN(Cc1cc(C(F)(F)F)cc(C(F)(F)F)c1)c1ncc(Br)cn1.CCN(CC1CCCC1)c1nc2cc(F)ccc2cc1CN(Cc1cc(C(F)(F)F)cc(C(F)(F)F)c1)c1ncc(N2CCOCC2)cn1. The largest absolute Gasteiger partial charge is 0.416 e. The van der Waals surface area contributed by atoms with E-state index in [-0.39, 0.29) is 69.3 Å². The molecule has 14 nitrogen and oxygen atoms in total. The van der Waals surface area contributed by atoms with Gasteiger partial charge in [0.25, 0.3) is 0 Å². The van der Waals surface area contributed by atoms with Gasteiger partial charge in [0.2, 0.25) is 11.9 Å². The van der Waals surface area contributed by atoms with Crippen molar-refractivity contribution >= 4 is 80.2 Å². The van der Waals surface area contributed by atoms with E-state index < -0.39 is 58.6 Å². The lowest BCUT2D eigenvalue weighted by atomic mass is 10.0. The van der Waals surface area contributed by atoms with Crippen LogP contribution in [-0.2, 0) is 60.4 Å². The summed E-state index contributed by atoms with van der Waals surface area (Å²) in [6, 6.07) is 35.0. The molecule has 2 aliphatic heterocycles. The fourth-order valence-electron chi connectivity index (χ4n) is 16.0. The molecular weight excluding hydrogens is 1660 g/mol. The summed E-state index contributed by atoms with van der Waals surface area (Å²) < 4.78 is 204. The van der Waals surface area contributed by atoms with Crippen LogP contribution in [0.25, 0.3) is 32.9 Å². The monoisotopic (exact) mass is 1760 g/mol. The smallest absolute Gasteiger partial charge is 0.379 e. The average molecular weight is 1760 g/mol. The van der Waals surface area contributed by atoms with Crippen molar-refractivity contribution in [2.75, 3.05) is 103 Å². The number of benzene rings is 6. The summed E-state index contributed by atoms with van der Waals surface area (Å²) in [6.07, 6.45) is -5.06. The van der Waals surface area contributed by atoms with Crippen LogP contribution in [0.5, 0.6) is 0 Å². The van der Waals surface area contributed by atoms with Crippen molar-refractivity contribution < 1.29 is 70.9 Å². The molecular formula is C90H102BrF14N12O2P. The second-order valence-electron chi connectivity index (χ2n) is 32.5. The quantitative estimate of drug-likeness (QED) is 0.0542. The van der Waals surface area contributed by atoms with Crippen LogP contribution < -0.4 is 35.1 Å². The predicted molar refractivity (Wildman–Crippen MR) is 452 cm³/mol. The fourth-order valence-corrected chi connectivity index (χ4v) is 20.4. The highest BCUT2D eigenvalue weighted by molar-refractivity contribution is 9.10. The summed E-state index contributed by atoms with van der Waals surface area (Å²) in [5.74, 6) is 1.35. The maximum absolute atomic E-state index is 14.3. The molecule has 6 aromatic carbocycles.